The van der Waals surface area contributed by atoms with Crippen molar-refractivity contribution in [2.45, 2.75) is 49.1 Å². The van der Waals surface area contributed by atoms with Gasteiger partial charge < -0.3 is 5.32 Å². The van der Waals surface area contributed by atoms with Gasteiger partial charge in [-0.05, 0) is 80.1 Å². The summed E-state index contributed by atoms with van der Waals surface area (Å²) in [6.07, 6.45) is 5.53. The lowest BCUT2D eigenvalue weighted by Crippen LogP contribution is -2.46. The van der Waals surface area contributed by atoms with Crippen LogP contribution in [-0.2, 0) is 10.0 Å². The number of allylic oxidation sites excluding steroid dienone is 2. The zero-order valence-electron chi connectivity index (χ0n) is 16.2. The molecule has 1 saturated heterocycles. The van der Waals surface area contributed by atoms with Crippen molar-refractivity contribution in [2.75, 3.05) is 19.6 Å². The Morgan fingerprint density at radius 2 is 1.83 bits per heavy atom. The first-order valence-electron chi connectivity index (χ1n) is 9.60. The predicted molar refractivity (Wildman–Crippen MR) is 110 cm³/mol. The minimum absolute atomic E-state index is 0.0458. The fourth-order valence-corrected chi connectivity index (χ4v) is 6.04. The molecule has 0 amide bonds. The Bertz CT molecular complexity index is 872. The number of thioether (sulfide) groups is 1. The lowest BCUT2D eigenvalue weighted by Gasteiger charge is -2.35. The fourth-order valence-electron chi connectivity index (χ4n) is 3.61. The van der Waals surface area contributed by atoms with Crippen molar-refractivity contribution in [2.24, 2.45) is 0 Å². The third-order valence-corrected chi connectivity index (χ3v) is 7.98. The summed E-state index contributed by atoms with van der Waals surface area (Å²) in [6, 6.07) is 6.35. The number of aryl methyl sites for hydroxylation is 1. The highest BCUT2D eigenvalue weighted by molar-refractivity contribution is 8.03. The molecule has 1 aliphatic carbocycles. The predicted octanol–water partition coefficient (Wildman–Crippen LogP) is 4.59. The van der Waals surface area contributed by atoms with Crippen molar-refractivity contribution in [3.8, 4) is 0 Å². The van der Waals surface area contributed by atoms with Crippen LogP contribution in [0.15, 0.2) is 51.8 Å². The first-order valence-corrected chi connectivity index (χ1v) is 11.9. The van der Waals surface area contributed by atoms with Crippen molar-refractivity contribution in [1.29, 1.82) is 0 Å². The number of rotatable bonds is 6. The summed E-state index contributed by atoms with van der Waals surface area (Å²) in [5, 5.41) is 3.21. The molecule has 0 aromatic heterocycles. The van der Waals surface area contributed by atoms with Gasteiger partial charge in [-0.25, -0.2) is 8.42 Å². The summed E-state index contributed by atoms with van der Waals surface area (Å²) in [6.45, 7) is 3.20. The van der Waals surface area contributed by atoms with Gasteiger partial charge >= 0.3 is 5.51 Å². The molecule has 0 saturated carbocycles. The van der Waals surface area contributed by atoms with Gasteiger partial charge in [-0.15, -0.1) is 0 Å². The second-order valence-corrected chi connectivity index (χ2v) is 10.3. The maximum Gasteiger partial charge on any atom is 0.446 e. The van der Waals surface area contributed by atoms with E-state index in [1.54, 1.807) is 30.3 Å². The summed E-state index contributed by atoms with van der Waals surface area (Å²) in [5.74, 6) is 0. The van der Waals surface area contributed by atoms with E-state index in [2.05, 4.69) is 5.32 Å². The Hall–Kier alpha value is -1.29. The van der Waals surface area contributed by atoms with E-state index in [1.165, 1.54) is 4.31 Å². The first-order chi connectivity index (χ1) is 13.7. The Morgan fingerprint density at radius 1 is 1.17 bits per heavy atom. The van der Waals surface area contributed by atoms with Gasteiger partial charge in [-0.1, -0.05) is 29.8 Å². The standard InChI is InChI=1S/C20H25F3N2O2S2/c1-15-6-8-18(9-7-15)29(26,27)25(17-10-12-24-13-11-17)14-16-4-2-3-5-19(16)28-20(21,22)23/h2,4,6-9,17,24H,3,5,10-14H2,1H3. The molecule has 1 N–H and O–H groups in total. The molecular weight excluding hydrogens is 421 g/mol. The van der Waals surface area contributed by atoms with E-state index in [0.717, 1.165) is 5.56 Å². The average Bonchev–Trinajstić information content (AvgIpc) is 2.67. The molecule has 0 atom stereocenters. The summed E-state index contributed by atoms with van der Waals surface area (Å²) >= 11 is -0.123. The molecule has 1 aliphatic heterocycles. The molecule has 1 fully saturated rings. The Labute approximate surface area is 174 Å². The van der Waals surface area contributed by atoms with E-state index >= 15 is 0 Å². The molecule has 0 radical (unpaired) electrons. The van der Waals surface area contributed by atoms with Crippen LogP contribution in [0.2, 0.25) is 0 Å². The molecule has 3 rings (SSSR count). The van der Waals surface area contributed by atoms with Crippen LogP contribution in [0.3, 0.4) is 0 Å². The average molecular weight is 447 g/mol. The van der Waals surface area contributed by atoms with Gasteiger partial charge in [0.1, 0.15) is 0 Å². The Kier molecular flexibility index (Phi) is 7.14. The number of sulfonamides is 1. The van der Waals surface area contributed by atoms with Gasteiger partial charge in [0.05, 0.1) is 4.90 Å². The maximum atomic E-state index is 13.4. The molecule has 9 heteroatoms. The normalized spacial score (nSPS) is 19.2. The second-order valence-electron chi connectivity index (χ2n) is 7.28. The summed E-state index contributed by atoms with van der Waals surface area (Å²) in [4.78, 5) is 0.380. The van der Waals surface area contributed by atoms with Crippen molar-refractivity contribution in [1.82, 2.24) is 9.62 Å². The zero-order valence-corrected chi connectivity index (χ0v) is 17.8. The smallest absolute Gasteiger partial charge is 0.317 e. The zero-order chi connectivity index (χ0) is 21.1. The molecule has 1 heterocycles. The largest absolute Gasteiger partial charge is 0.446 e. The highest BCUT2D eigenvalue weighted by Crippen LogP contribution is 2.42. The van der Waals surface area contributed by atoms with Crippen LogP contribution in [-0.4, -0.2) is 43.9 Å². The molecule has 0 unspecified atom stereocenters. The number of nitrogens with zero attached hydrogens (tertiary/aromatic N) is 1. The number of hydrogen-bond acceptors (Lipinski definition) is 4. The van der Waals surface area contributed by atoms with Gasteiger partial charge in [-0.2, -0.15) is 17.5 Å². The Morgan fingerprint density at radius 3 is 2.45 bits per heavy atom. The molecule has 2 aliphatic rings. The van der Waals surface area contributed by atoms with Gasteiger partial charge in [0.25, 0.3) is 0 Å². The van der Waals surface area contributed by atoms with Crippen LogP contribution >= 0.6 is 11.8 Å². The van der Waals surface area contributed by atoms with Crippen LogP contribution in [0.1, 0.15) is 31.2 Å². The summed E-state index contributed by atoms with van der Waals surface area (Å²) < 4.78 is 67.3. The quantitative estimate of drug-likeness (QED) is 0.694. The second kappa shape index (κ2) is 9.24. The number of piperidine rings is 1. The van der Waals surface area contributed by atoms with Gasteiger partial charge in [0.15, 0.2) is 0 Å². The van der Waals surface area contributed by atoms with E-state index in [4.69, 9.17) is 0 Å². The van der Waals surface area contributed by atoms with Crippen molar-refractivity contribution in [3.63, 3.8) is 0 Å². The van der Waals surface area contributed by atoms with Crippen molar-refractivity contribution < 1.29 is 21.6 Å². The SMILES string of the molecule is Cc1ccc(S(=O)(=O)N(CC2=C(SC(F)(F)F)CCC=C2)C2CCNCC2)cc1. The van der Waals surface area contributed by atoms with Crippen LogP contribution in [0, 0.1) is 6.92 Å². The molecule has 29 heavy (non-hydrogen) atoms. The van der Waals surface area contributed by atoms with Crippen LogP contribution in [0.25, 0.3) is 0 Å². The summed E-state index contributed by atoms with van der Waals surface area (Å²) in [7, 11) is -3.84. The highest BCUT2D eigenvalue weighted by atomic mass is 32.2. The molecule has 0 bridgehead atoms. The number of hydrogen-bond donors (Lipinski definition) is 1. The van der Waals surface area contributed by atoms with E-state index in [1.807, 2.05) is 13.0 Å². The third-order valence-electron chi connectivity index (χ3n) is 5.12. The number of benzene rings is 1. The third kappa shape index (κ3) is 5.87. The minimum Gasteiger partial charge on any atom is -0.317 e. The van der Waals surface area contributed by atoms with E-state index in [-0.39, 0.29) is 40.6 Å². The van der Waals surface area contributed by atoms with E-state index < -0.39 is 15.5 Å². The van der Waals surface area contributed by atoms with E-state index in [0.29, 0.717) is 37.9 Å². The van der Waals surface area contributed by atoms with Crippen LogP contribution < -0.4 is 5.32 Å². The monoisotopic (exact) mass is 446 g/mol. The minimum atomic E-state index is -4.39. The molecule has 1 aromatic carbocycles. The number of nitrogens with one attached hydrogen (secondary N) is 1. The molecule has 4 nitrogen and oxygen atoms in total. The molecule has 0 spiro atoms. The van der Waals surface area contributed by atoms with Crippen molar-refractivity contribution in [3.05, 3.63) is 52.5 Å². The lowest BCUT2D eigenvalue weighted by atomic mass is 10.0. The van der Waals surface area contributed by atoms with Crippen molar-refractivity contribution >= 4 is 21.8 Å². The molecule has 1 aromatic rings. The van der Waals surface area contributed by atoms with Gasteiger partial charge in [0, 0.05) is 12.6 Å². The first kappa shape index (κ1) is 22.4. The van der Waals surface area contributed by atoms with Gasteiger partial charge in [0.2, 0.25) is 10.0 Å². The number of alkyl halides is 3. The maximum absolute atomic E-state index is 13.4. The van der Waals surface area contributed by atoms with Crippen LogP contribution in [0.5, 0.6) is 0 Å². The summed E-state index contributed by atoms with van der Waals surface area (Å²) in [5.41, 5.74) is -3.01. The molecular formula is C20H25F3N2O2S2. The van der Waals surface area contributed by atoms with E-state index in [9.17, 15) is 21.6 Å². The fraction of sp³-hybridized carbons (Fsp3) is 0.500. The Balaban J connectivity index is 1.97. The lowest BCUT2D eigenvalue weighted by molar-refractivity contribution is -0.0322. The topological polar surface area (TPSA) is 49.4 Å². The molecule has 160 valence electrons. The van der Waals surface area contributed by atoms with Crippen LogP contribution in [0.4, 0.5) is 13.2 Å². The number of halogens is 3. The van der Waals surface area contributed by atoms with Gasteiger partial charge in [-0.3, -0.25) is 0 Å². The highest BCUT2D eigenvalue weighted by Gasteiger charge is 2.35.